The van der Waals surface area contributed by atoms with Gasteiger partial charge >= 0.3 is 0 Å². The van der Waals surface area contributed by atoms with Gasteiger partial charge in [0.25, 0.3) is 0 Å². The Morgan fingerprint density at radius 1 is 1.22 bits per heavy atom. The van der Waals surface area contributed by atoms with Gasteiger partial charge in [0, 0.05) is 13.6 Å². The fraction of sp³-hybridized carbons (Fsp3) is 0.500. The summed E-state index contributed by atoms with van der Waals surface area (Å²) >= 11 is 0. The zero-order valence-corrected chi connectivity index (χ0v) is 11.8. The molecule has 1 unspecified atom stereocenters. The van der Waals surface area contributed by atoms with Crippen molar-refractivity contribution in [2.45, 2.75) is 24.8 Å². The van der Waals surface area contributed by atoms with E-state index < -0.39 is 22.7 Å². The molecule has 104 valence electrons. The third kappa shape index (κ3) is 4.73. The van der Waals surface area contributed by atoms with Crippen LogP contribution in [0.3, 0.4) is 0 Å². The lowest BCUT2D eigenvalue weighted by Crippen LogP contribution is -2.35. The summed E-state index contributed by atoms with van der Waals surface area (Å²) in [7, 11) is -2.22. The van der Waals surface area contributed by atoms with Crippen LogP contribution in [0.1, 0.15) is 13.8 Å². The Morgan fingerprint density at radius 3 is 2.17 bits per heavy atom. The van der Waals surface area contributed by atoms with Crippen molar-refractivity contribution in [3.05, 3.63) is 30.3 Å². The molecule has 0 saturated carbocycles. The van der Waals surface area contributed by atoms with Crippen LogP contribution in [0.4, 0.5) is 0 Å². The fourth-order valence-electron chi connectivity index (χ4n) is 1.23. The second kappa shape index (κ2) is 8.20. The highest BCUT2D eigenvalue weighted by atomic mass is 32.2. The van der Waals surface area contributed by atoms with Crippen molar-refractivity contribution in [1.29, 1.82) is 0 Å². The van der Waals surface area contributed by atoms with Gasteiger partial charge in [0.2, 0.25) is 10.0 Å². The van der Waals surface area contributed by atoms with Crippen LogP contribution in [0.5, 0.6) is 0 Å². The van der Waals surface area contributed by atoms with Gasteiger partial charge in [-0.1, -0.05) is 32.0 Å². The average molecular weight is 275 g/mol. The van der Waals surface area contributed by atoms with Crippen LogP contribution in [0.15, 0.2) is 35.2 Å². The van der Waals surface area contributed by atoms with Gasteiger partial charge < -0.3 is 10.2 Å². The number of benzene rings is 1. The van der Waals surface area contributed by atoms with Crippen LogP contribution in [-0.4, -0.2) is 49.2 Å². The van der Waals surface area contributed by atoms with E-state index in [2.05, 4.69) is 0 Å². The Kier molecular flexibility index (Phi) is 7.77. The van der Waals surface area contributed by atoms with Crippen molar-refractivity contribution >= 4 is 10.0 Å². The summed E-state index contributed by atoms with van der Waals surface area (Å²) in [5.41, 5.74) is 0. The third-order valence-electron chi connectivity index (χ3n) is 2.13. The fourth-order valence-corrected chi connectivity index (χ4v) is 2.45. The molecule has 1 aromatic rings. The third-order valence-corrected chi connectivity index (χ3v) is 3.97. The second-order valence-corrected chi connectivity index (χ2v) is 5.48. The van der Waals surface area contributed by atoms with Crippen molar-refractivity contribution in [2.24, 2.45) is 0 Å². The first-order valence-corrected chi connectivity index (χ1v) is 7.23. The summed E-state index contributed by atoms with van der Waals surface area (Å²) in [5.74, 6) is 0. The van der Waals surface area contributed by atoms with Crippen LogP contribution in [-0.2, 0) is 10.0 Å². The van der Waals surface area contributed by atoms with Gasteiger partial charge in [-0.2, -0.15) is 4.31 Å². The van der Waals surface area contributed by atoms with E-state index in [1.54, 1.807) is 18.2 Å². The van der Waals surface area contributed by atoms with E-state index in [4.69, 9.17) is 5.11 Å². The Balaban J connectivity index is 0.00000137. The first-order chi connectivity index (χ1) is 8.48. The quantitative estimate of drug-likeness (QED) is 0.828. The molecule has 0 aromatic heterocycles. The van der Waals surface area contributed by atoms with Crippen molar-refractivity contribution in [1.82, 2.24) is 4.31 Å². The molecular formula is C12H21NO4S. The molecule has 0 fully saturated rings. The van der Waals surface area contributed by atoms with Crippen LogP contribution in [0.2, 0.25) is 0 Å². The summed E-state index contributed by atoms with van der Waals surface area (Å²) in [6.07, 6.45) is -1.07. The smallest absolute Gasteiger partial charge is 0.242 e. The second-order valence-electron chi connectivity index (χ2n) is 3.43. The lowest BCUT2D eigenvalue weighted by molar-refractivity contribution is 0.0826. The van der Waals surface area contributed by atoms with Crippen molar-refractivity contribution in [3.8, 4) is 0 Å². The topological polar surface area (TPSA) is 77.8 Å². The van der Waals surface area contributed by atoms with Crippen LogP contribution >= 0.6 is 0 Å². The predicted octanol–water partition coefficient (Wildman–Crippen LogP) is 0.686. The molecule has 1 aromatic carbocycles. The molecule has 5 nitrogen and oxygen atoms in total. The number of hydrogen-bond acceptors (Lipinski definition) is 4. The Morgan fingerprint density at radius 2 is 1.72 bits per heavy atom. The minimum absolute atomic E-state index is 0.131. The molecule has 0 aliphatic heterocycles. The summed E-state index contributed by atoms with van der Waals surface area (Å²) < 4.78 is 24.9. The van der Waals surface area contributed by atoms with Gasteiger partial charge in [-0.25, -0.2) is 8.42 Å². The number of hydrogen-bond donors (Lipinski definition) is 2. The lowest BCUT2D eigenvalue weighted by Gasteiger charge is -2.19. The van der Waals surface area contributed by atoms with E-state index in [9.17, 15) is 13.5 Å². The molecule has 18 heavy (non-hydrogen) atoms. The summed E-state index contributed by atoms with van der Waals surface area (Å²) in [5, 5.41) is 17.8. The van der Waals surface area contributed by atoms with Crippen LogP contribution < -0.4 is 0 Å². The Bertz CT molecular complexity index is 419. The normalized spacial score (nSPS) is 12.8. The van der Waals surface area contributed by atoms with Gasteiger partial charge in [-0.05, 0) is 12.1 Å². The summed E-state index contributed by atoms with van der Waals surface area (Å²) in [6, 6.07) is 7.95. The summed E-state index contributed by atoms with van der Waals surface area (Å²) in [6.45, 7) is 3.41. The molecule has 1 rings (SSSR count). The monoisotopic (exact) mass is 275 g/mol. The van der Waals surface area contributed by atoms with E-state index >= 15 is 0 Å². The number of nitrogens with zero attached hydrogens (tertiary/aromatic N) is 1. The predicted molar refractivity (Wildman–Crippen MR) is 70.7 cm³/mol. The largest absolute Gasteiger partial charge is 0.394 e. The maximum absolute atomic E-state index is 11.9. The molecule has 0 heterocycles. The molecule has 0 spiro atoms. The number of likely N-dealkylation sites (N-methyl/N-ethyl adjacent to an activating group) is 1. The maximum Gasteiger partial charge on any atom is 0.242 e. The van der Waals surface area contributed by atoms with Gasteiger partial charge in [0.15, 0.2) is 0 Å². The lowest BCUT2D eigenvalue weighted by atomic mass is 10.4. The number of aliphatic hydroxyl groups is 2. The number of sulfonamides is 1. The number of rotatable bonds is 5. The molecule has 0 amide bonds. The number of aliphatic hydroxyl groups excluding tert-OH is 2. The molecule has 0 bridgehead atoms. The Labute approximate surface area is 109 Å². The zero-order chi connectivity index (χ0) is 14.2. The Hall–Kier alpha value is -0.950. The van der Waals surface area contributed by atoms with Gasteiger partial charge in [-0.15, -0.1) is 0 Å². The first-order valence-electron chi connectivity index (χ1n) is 5.79. The van der Waals surface area contributed by atoms with Crippen molar-refractivity contribution < 1.29 is 18.6 Å². The van der Waals surface area contributed by atoms with Crippen molar-refractivity contribution in [2.75, 3.05) is 20.2 Å². The molecule has 0 aliphatic carbocycles. The van der Waals surface area contributed by atoms with E-state index in [1.807, 2.05) is 13.8 Å². The first kappa shape index (κ1) is 17.1. The zero-order valence-electron chi connectivity index (χ0n) is 10.9. The van der Waals surface area contributed by atoms with E-state index in [-0.39, 0.29) is 11.4 Å². The molecule has 1 atom stereocenters. The molecule has 6 heteroatoms. The van der Waals surface area contributed by atoms with E-state index in [0.29, 0.717) is 0 Å². The minimum atomic E-state index is -3.58. The minimum Gasteiger partial charge on any atom is -0.394 e. The van der Waals surface area contributed by atoms with Gasteiger partial charge in [-0.3, -0.25) is 0 Å². The van der Waals surface area contributed by atoms with E-state index in [1.165, 1.54) is 19.2 Å². The maximum atomic E-state index is 11.9. The molecular weight excluding hydrogens is 254 g/mol. The SMILES string of the molecule is CC.CN(CC(O)CO)S(=O)(=O)c1ccccc1. The van der Waals surface area contributed by atoms with Crippen LogP contribution in [0.25, 0.3) is 0 Å². The van der Waals surface area contributed by atoms with Crippen LogP contribution in [0, 0.1) is 0 Å². The highest BCUT2D eigenvalue weighted by Gasteiger charge is 2.22. The summed E-state index contributed by atoms with van der Waals surface area (Å²) in [4.78, 5) is 0.169. The van der Waals surface area contributed by atoms with Crippen molar-refractivity contribution in [3.63, 3.8) is 0 Å². The van der Waals surface area contributed by atoms with E-state index in [0.717, 1.165) is 4.31 Å². The molecule has 2 N–H and O–H groups in total. The van der Waals surface area contributed by atoms with Gasteiger partial charge in [0.05, 0.1) is 17.6 Å². The molecule has 0 saturated heterocycles. The molecule has 0 radical (unpaired) electrons. The van der Waals surface area contributed by atoms with Gasteiger partial charge in [0.1, 0.15) is 0 Å². The average Bonchev–Trinajstić information content (AvgIpc) is 2.41. The highest BCUT2D eigenvalue weighted by Crippen LogP contribution is 2.13. The highest BCUT2D eigenvalue weighted by molar-refractivity contribution is 7.89. The standard InChI is InChI=1S/C10H15NO4S.C2H6/c1-11(7-9(13)8-12)16(14,15)10-5-3-2-4-6-10;1-2/h2-6,9,12-13H,7-8H2,1H3;1-2H3. The molecule has 0 aliphatic rings.